The van der Waals surface area contributed by atoms with Gasteiger partial charge in [0.25, 0.3) is 0 Å². The van der Waals surface area contributed by atoms with Crippen LogP contribution in [0.3, 0.4) is 0 Å². The lowest BCUT2D eigenvalue weighted by Crippen LogP contribution is -2.31. The Morgan fingerprint density at radius 1 is 1.03 bits per heavy atom. The van der Waals surface area contributed by atoms with E-state index in [-0.39, 0.29) is 0 Å². The SMILES string of the molecule is CCOc1ccc(CNC[C@H]2CC[C@@H](Nc3nccc(N(C)C)n3)CC2)c(OCC)c1. The molecule has 0 radical (unpaired) electrons. The first kappa shape index (κ1) is 23.1. The Morgan fingerprint density at radius 2 is 1.81 bits per heavy atom. The summed E-state index contributed by atoms with van der Waals surface area (Å²) in [4.78, 5) is 11.0. The molecule has 0 amide bonds. The first-order valence-corrected chi connectivity index (χ1v) is 11.4. The van der Waals surface area contributed by atoms with Crippen molar-refractivity contribution in [3.63, 3.8) is 0 Å². The zero-order valence-electron chi connectivity index (χ0n) is 19.4. The predicted molar refractivity (Wildman–Crippen MR) is 126 cm³/mol. The van der Waals surface area contributed by atoms with Crippen molar-refractivity contribution >= 4 is 11.8 Å². The molecule has 2 N–H and O–H groups in total. The van der Waals surface area contributed by atoms with Crippen molar-refractivity contribution in [3.8, 4) is 11.5 Å². The second-order valence-electron chi connectivity index (χ2n) is 8.26. The van der Waals surface area contributed by atoms with Crippen LogP contribution in [0.4, 0.5) is 11.8 Å². The van der Waals surface area contributed by atoms with Crippen molar-refractivity contribution in [2.45, 2.75) is 52.1 Å². The summed E-state index contributed by atoms with van der Waals surface area (Å²) >= 11 is 0. The van der Waals surface area contributed by atoms with Crippen molar-refractivity contribution in [1.82, 2.24) is 15.3 Å². The Balaban J connectivity index is 1.43. The summed E-state index contributed by atoms with van der Waals surface area (Å²) in [5, 5.41) is 7.15. The molecule has 7 nitrogen and oxygen atoms in total. The normalized spacial score (nSPS) is 18.5. The zero-order valence-corrected chi connectivity index (χ0v) is 19.4. The maximum atomic E-state index is 5.82. The molecular formula is C24H37N5O2. The average molecular weight is 428 g/mol. The molecule has 1 aliphatic rings. The van der Waals surface area contributed by atoms with Gasteiger partial charge in [0, 0.05) is 44.5 Å². The van der Waals surface area contributed by atoms with Gasteiger partial charge in [-0.05, 0) is 64.1 Å². The van der Waals surface area contributed by atoms with E-state index in [1.54, 1.807) is 0 Å². The maximum Gasteiger partial charge on any atom is 0.224 e. The van der Waals surface area contributed by atoms with Crippen LogP contribution in [0, 0.1) is 5.92 Å². The summed E-state index contributed by atoms with van der Waals surface area (Å²) in [6.07, 6.45) is 6.53. The molecule has 170 valence electrons. The summed E-state index contributed by atoms with van der Waals surface area (Å²) < 4.78 is 11.4. The lowest BCUT2D eigenvalue weighted by Gasteiger charge is -2.29. The second kappa shape index (κ2) is 11.7. The largest absolute Gasteiger partial charge is 0.494 e. The quantitative estimate of drug-likeness (QED) is 0.559. The van der Waals surface area contributed by atoms with Crippen molar-refractivity contribution in [2.24, 2.45) is 5.92 Å². The molecule has 0 spiro atoms. The highest BCUT2D eigenvalue weighted by Gasteiger charge is 2.21. The topological polar surface area (TPSA) is 71.5 Å². The fraction of sp³-hybridized carbons (Fsp3) is 0.583. The van der Waals surface area contributed by atoms with Gasteiger partial charge in [-0.1, -0.05) is 6.07 Å². The van der Waals surface area contributed by atoms with Crippen LogP contribution < -0.4 is 25.0 Å². The van der Waals surface area contributed by atoms with Gasteiger partial charge in [0.05, 0.1) is 13.2 Å². The molecule has 1 aliphatic carbocycles. The van der Waals surface area contributed by atoms with Crippen molar-refractivity contribution in [2.75, 3.05) is 44.1 Å². The minimum atomic E-state index is 0.448. The Kier molecular flexibility index (Phi) is 8.76. The molecule has 1 heterocycles. The molecule has 2 aromatic rings. The highest BCUT2D eigenvalue weighted by Crippen LogP contribution is 2.27. The third kappa shape index (κ3) is 6.99. The van der Waals surface area contributed by atoms with Crippen LogP contribution in [-0.4, -0.2) is 49.9 Å². The van der Waals surface area contributed by atoms with Crippen LogP contribution in [0.15, 0.2) is 30.5 Å². The van der Waals surface area contributed by atoms with E-state index in [2.05, 4.69) is 26.7 Å². The van der Waals surface area contributed by atoms with Crippen LogP contribution in [0.2, 0.25) is 0 Å². The standard InChI is InChI=1S/C24H37N5O2/c1-5-30-21-12-9-19(22(15-21)31-6-2)17-25-16-18-7-10-20(11-8-18)27-24-26-14-13-23(28-24)29(3)4/h9,12-15,18,20,25H,5-8,10-11,16-17H2,1-4H3,(H,26,27,28)/t18-,20+. The summed E-state index contributed by atoms with van der Waals surface area (Å²) in [6.45, 7) is 7.16. The molecule has 1 saturated carbocycles. The van der Waals surface area contributed by atoms with Crippen LogP contribution >= 0.6 is 0 Å². The summed E-state index contributed by atoms with van der Waals surface area (Å²) in [5.41, 5.74) is 1.18. The molecule has 3 rings (SSSR count). The lowest BCUT2D eigenvalue weighted by molar-refractivity contribution is 0.314. The third-order valence-electron chi connectivity index (χ3n) is 5.68. The van der Waals surface area contributed by atoms with Gasteiger partial charge in [-0.3, -0.25) is 0 Å². The van der Waals surface area contributed by atoms with Crippen LogP contribution in [0.1, 0.15) is 45.1 Å². The van der Waals surface area contributed by atoms with Gasteiger partial charge in [0.2, 0.25) is 5.95 Å². The second-order valence-corrected chi connectivity index (χ2v) is 8.26. The van der Waals surface area contributed by atoms with Gasteiger partial charge >= 0.3 is 0 Å². The number of anilines is 2. The van der Waals surface area contributed by atoms with E-state index < -0.39 is 0 Å². The minimum absolute atomic E-state index is 0.448. The Labute approximate surface area is 186 Å². The molecule has 0 bridgehead atoms. The number of rotatable bonds is 11. The van der Waals surface area contributed by atoms with Gasteiger partial charge in [0.1, 0.15) is 17.3 Å². The average Bonchev–Trinajstić information content (AvgIpc) is 2.77. The zero-order chi connectivity index (χ0) is 22.1. The monoisotopic (exact) mass is 427 g/mol. The van der Waals surface area contributed by atoms with E-state index in [9.17, 15) is 0 Å². The fourth-order valence-electron chi connectivity index (χ4n) is 4.00. The summed E-state index contributed by atoms with van der Waals surface area (Å²) in [5.74, 6) is 4.13. The minimum Gasteiger partial charge on any atom is -0.494 e. The highest BCUT2D eigenvalue weighted by atomic mass is 16.5. The number of hydrogen-bond donors (Lipinski definition) is 2. The van der Waals surface area contributed by atoms with Crippen LogP contribution in [0.5, 0.6) is 11.5 Å². The number of aromatic nitrogens is 2. The molecule has 31 heavy (non-hydrogen) atoms. The van der Waals surface area contributed by atoms with E-state index in [0.717, 1.165) is 49.2 Å². The maximum absolute atomic E-state index is 5.82. The van der Waals surface area contributed by atoms with Crippen LogP contribution in [-0.2, 0) is 6.54 Å². The van der Waals surface area contributed by atoms with Gasteiger partial charge in [0.15, 0.2) is 0 Å². The molecule has 0 saturated heterocycles. The smallest absolute Gasteiger partial charge is 0.224 e. The van der Waals surface area contributed by atoms with Crippen molar-refractivity contribution in [3.05, 3.63) is 36.0 Å². The molecule has 1 aromatic carbocycles. The molecular weight excluding hydrogens is 390 g/mol. The Morgan fingerprint density at radius 3 is 2.52 bits per heavy atom. The van der Waals surface area contributed by atoms with E-state index in [4.69, 9.17) is 9.47 Å². The number of nitrogens with one attached hydrogen (secondary N) is 2. The predicted octanol–water partition coefficient (Wildman–Crippen LogP) is 4.10. The first-order valence-electron chi connectivity index (χ1n) is 11.4. The van der Waals surface area contributed by atoms with E-state index in [0.29, 0.717) is 25.2 Å². The number of ether oxygens (including phenoxy) is 2. The van der Waals surface area contributed by atoms with Crippen molar-refractivity contribution in [1.29, 1.82) is 0 Å². The van der Waals surface area contributed by atoms with Gasteiger partial charge in [-0.25, -0.2) is 4.98 Å². The lowest BCUT2D eigenvalue weighted by atomic mass is 9.86. The van der Waals surface area contributed by atoms with E-state index >= 15 is 0 Å². The van der Waals surface area contributed by atoms with Crippen LogP contribution in [0.25, 0.3) is 0 Å². The third-order valence-corrected chi connectivity index (χ3v) is 5.68. The molecule has 7 heteroatoms. The number of nitrogens with zero attached hydrogens (tertiary/aromatic N) is 3. The number of hydrogen-bond acceptors (Lipinski definition) is 7. The molecule has 1 fully saturated rings. The summed E-state index contributed by atoms with van der Waals surface area (Å²) in [7, 11) is 3.99. The highest BCUT2D eigenvalue weighted by molar-refractivity contribution is 5.42. The number of benzene rings is 1. The van der Waals surface area contributed by atoms with Gasteiger partial charge in [-0.2, -0.15) is 4.98 Å². The Bertz CT molecular complexity index is 806. The first-order chi connectivity index (χ1) is 15.1. The van der Waals surface area contributed by atoms with Gasteiger partial charge < -0.3 is 25.0 Å². The van der Waals surface area contributed by atoms with Gasteiger partial charge in [-0.15, -0.1) is 0 Å². The van der Waals surface area contributed by atoms with E-state index in [1.165, 1.54) is 18.4 Å². The van der Waals surface area contributed by atoms with Crippen molar-refractivity contribution < 1.29 is 9.47 Å². The van der Waals surface area contributed by atoms with E-state index in [1.807, 2.05) is 57.2 Å². The molecule has 0 aliphatic heterocycles. The molecule has 0 atom stereocenters. The Hall–Kier alpha value is -2.54. The fourth-order valence-corrected chi connectivity index (χ4v) is 4.00. The molecule has 1 aromatic heterocycles. The molecule has 0 unspecified atom stereocenters. The summed E-state index contributed by atoms with van der Waals surface area (Å²) in [6, 6.07) is 8.49.